The van der Waals surface area contributed by atoms with Crippen LogP contribution in [0.5, 0.6) is 0 Å². The van der Waals surface area contributed by atoms with Crippen molar-refractivity contribution in [2.45, 2.75) is 25.4 Å². The van der Waals surface area contributed by atoms with Crippen LogP contribution in [0.1, 0.15) is 17.7 Å². The molecule has 1 aromatic heterocycles. The first kappa shape index (κ1) is 14.8. The third kappa shape index (κ3) is 5.12. The van der Waals surface area contributed by atoms with Gasteiger partial charge in [-0.05, 0) is 47.3 Å². The molecule has 0 spiro atoms. The largest absolute Gasteiger partial charge is 0.376 e. The Bertz CT molecular complexity index is 416. The van der Waals surface area contributed by atoms with Crippen LogP contribution in [0.2, 0.25) is 0 Å². The molecule has 2 N–H and O–H groups in total. The van der Waals surface area contributed by atoms with Crippen LogP contribution in [0, 0.1) is 0 Å². The Labute approximate surface area is 126 Å². The molecular weight excluding hydrogens is 326 g/mol. The van der Waals surface area contributed by atoms with Gasteiger partial charge in [-0.25, -0.2) is 0 Å². The molecule has 0 radical (unpaired) electrons. The summed E-state index contributed by atoms with van der Waals surface area (Å²) in [6.07, 6.45) is 3.67. The lowest BCUT2D eigenvalue weighted by Crippen LogP contribution is -2.41. The summed E-state index contributed by atoms with van der Waals surface area (Å²) in [4.78, 5) is 5.59. The molecule has 0 bridgehead atoms. The summed E-state index contributed by atoms with van der Waals surface area (Å²) in [7, 11) is 1.80. The second kappa shape index (κ2) is 7.87. The molecule has 6 heteroatoms. The summed E-state index contributed by atoms with van der Waals surface area (Å²) in [5, 5.41) is 6.64. The molecule has 2 heterocycles. The van der Waals surface area contributed by atoms with Gasteiger partial charge < -0.3 is 15.4 Å². The van der Waals surface area contributed by atoms with Crippen LogP contribution < -0.4 is 10.6 Å². The summed E-state index contributed by atoms with van der Waals surface area (Å²) in [6, 6.07) is 4.24. The molecule has 0 aromatic carbocycles. The zero-order chi connectivity index (χ0) is 13.5. The van der Waals surface area contributed by atoms with Crippen LogP contribution in [0.4, 0.5) is 0 Å². The highest BCUT2D eigenvalue weighted by Crippen LogP contribution is 2.21. The number of halogens is 1. The maximum Gasteiger partial charge on any atom is 0.191 e. The number of hydrogen-bond acceptors (Lipinski definition) is 3. The highest BCUT2D eigenvalue weighted by Gasteiger charge is 2.15. The fourth-order valence-electron chi connectivity index (χ4n) is 2.03. The summed E-state index contributed by atoms with van der Waals surface area (Å²) in [5.74, 6) is 0.853. The van der Waals surface area contributed by atoms with Crippen LogP contribution in [0.15, 0.2) is 20.9 Å². The summed E-state index contributed by atoms with van der Waals surface area (Å²) >= 11 is 5.25. The van der Waals surface area contributed by atoms with Crippen molar-refractivity contribution in [1.29, 1.82) is 0 Å². The van der Waals surface area contributed by atoms with Gasteiger partial charge in [0.2, 0.25) is 0 Å². The number of hydrogen-bond donors (Lipinski definition) is 2. The van der Waals surface area contributed by atoms with Gasteiger partial charge in [0.25, 0.3) is 0 Å². The van der Waals surface area contributed by atoms with Gasteiger partial charge in [-0.2, -0.15) is 0 Å². The molecule has 1 aliphatic heterocycles. The molecule has 0 saturated carbocycles. The minimum absolute atomic E-state index is 0.340. The fourth-order valence-corrected chi connectivity index (χ4v) is 3.51. The Morgan fingerprint density at radius 1 is 1.53 bits per heavy atom. The predicted molar refractivity (Wildman–Crippen MR) is 84.1 cm³/mol. The highest BCUT2D eigenvalue weighted by molar-refractivity contribution is 9.11. The molecule has 1 unspecified atom stereocenters. The summed E-state index contributed by atoms with van der Waals surface area (Å²) < 4.78 is 6.76. The van der Waals surface area contributed by atoms with E-state index in [4.69, 9.17) is 4.74 Å². The molecule has 1 aliphatic rings. The maximum absolute atomic E-state index is 5.58. The molecule has 0 amide bonds. The summed E-state index contributed by atoms with van der Waals surface area (Å²) in [5.41, 5.74) is 0. The Morgan fingerprint density at radius 2 is 2.42 bits per heavy atom. The maximum atomic E-state index is 5.58. The van der Waals surface area contributed by atoms with Gasteiger partial charge in [0.1, 0.15) is 0 Å². The van der Waals surface area contributed by atoms with E-state index in [-0.39, 0.29) is 0 Å². The second-order valence-electron chi connectivity index (χ2n) is 4.47. The standard InChI is InChI=1S/C13H20BrN3OS/c1-15-13(17-9-10-3-2-8-18-10)16-7-6-11-4-5-12(14)19-11/h4-5,10H,2-3,6-9H2,1H3,(H2,15,16,17). The highest BCUT2D eigenvalue weighted by atomic mass is 79.9. The van der Waals surface area contributed by atoms with E-state index < -0.39 is 0 Å². The number of nitrogens with zero attached hydrogens (tertiary/aromatic N) is 1. The molecule has 0 aliphatic carbocycles. The van der Waals surface area contributed by atoms with Crippen LogP contribution in [-0.4, -0.2) is 38.8 Å². The van der Waals surface area contributed by atoms with E-state index in [2.05, 4.69) is 43.7 Å². The van der Waals surface area contributed by atoms with E-state index in [9.17, 15) is 0 Å². The van der Waals surface area contributed by atoms with E-state index in [1.807, 2.05) is 0 Å². The number of thiophene rings is 1. The quantitative estimate of drug-likeness (QED) is 0.636. The van der Waals surface area contributed by atoms with Crippen molar-refractivity contribution < 1.29 is 4.74 Å². The third-order valence-electron chi connectivity index (χ3n) is 3.04. The molecular formula is C13H20BrN3OS. The molecule has 1 saturated heterocycles. The Balaban J connectivity index is 1.64. The Hall–Kier alpha value is -0.590. The Kier molecular flexibility index (Phi) is 6.13. The molecule has 4 nitrogen and oxygen atoms in total. The minimum Gasteiger partial charge on any atom is -0.376 e. The van der Waals surface area contributed by atoms with Crippen molar-refractivity contribution in [2.24, 2.45) is 4.99 Å². The number of ether oxygens (including phenoxy) is 1. The Morgan fingerprint density at radius 3 is 3.05 bits per heavy atom. The number of nitrogens with one attached hydrogen (secondary N) is 2. The van der Waals surface area contributed by atoms with E-state index in [1.165, 1.54) is 15.1 Å². The third-order valence-corrected chi connectivity index (χ3v) is 4.72. The van der Waals surface area contributed by atoms with Crippen molar-refractivity contribution in [2.75, 3.05) is 26.7 Å². The van der Waals surface area contributed by atoms with Crippen molar-refractivity contribution in [3.8, 4) is 0 Å². The van der Waals surface area contributed by atoms with Gasteiger partial charge in [0, 0.05) is 31.6 Å². The van der Waals surface area contributed by atoms with Crippen molar-refractivity contribution in [3.05, 3.63) is 20.8 Å². The average molecular weight is 346 g/mol. The van der Waals surface area contributed by atoms with Crippen LogP contribution in [0.3, 0.4) is 0 Å². The molecule has 1 aromatic rings. The first-order chi connectivity index (χ1) is 9.28. The monoisotopic (exact) mass is 345 g/mol. The zero-order valence-corrected chi connectivity index (χ0v) is 13.5. The number of rotatable bonds is 5. The van der Waals surface area contributed by atoms with Crippen molar-refractivity contribution >= 4 is 33.2 Å². The van der Waals surface area contributed by atoms with E-state index in [0.717, 1.165) is 38.5 Å². The predicted octanol–water partition coefficient (Wildman–Crippen LogP) is 2.40. The molecule has 106 valence electrons. The van der Waals surface area contributed by atoms with Crippen LogP contribution in [0.25, 0.3) is 0 Å². The van der Waals surface area contributed by atoms with Gasteiger partial charge in [0.15, 0.2) is 5.96 Å². The van der Waals surface area contributed by atoms with Crippen LogP contribution in [-0.2, 0) is 11.2 Å². The van der Waals surface area contributed by atoms with Gasteiger partial charge in [0.05, 0.1) is 9.89 Å². The van der Waals surface area contributed by atoms with Gasteiger partial charge in [-0.3, -0.25) is 4.99 Å². The molecule has 19 heavy (non-hydrogen) atoms. The fraction of sp³-hybridized carbons (Fsp3) is 0.615. The lowest BCUT2D eigenvalue weighted by Gasteiger charge is -2.14. The minimum atomic E-state index is 0.340. The number of aliphatic imine (C=N–C) groups is 1. The normalized spacial score (nSPS) is 19.7. The topological polar surface area (TPSA) is 45.7 Å². The van der Waals surface area contributed by atoms with Gasteiger partial charge in [-0.15, -0.1) is 11.3 Å². The summed E-state index contributed by atoms with van der Waals surface area (Å²) in [6.45, 7) is 2.62. The van der Waals surface area contributed by atoms with Gasteiger partial charge in [-0.1, -0.05) is 0 Å². The van der Waals surface area contributed by atoms with E-state index >= 15 is 0 Å². The molecule has 1 atom stereocenters. The second-order valence-corrected chi connectivity index (χ2v) is 7.02. The first-order valence-corrected chi connectivity index (χ1v) is 8.19. The van der Waals surface area contributed by atoms with Crippen LogP contribution >= 0.6 is 27.3 Å². The molecule has 1 fully saturated rings. The van der Waals surface area contributed by atoms with Gasteiger partial charge >= 0.3 is 0 Å². The van der Waals surface area contributed by atoms with Crippen molar-refractivity contribution in [1.82, 2.24) is 10.6 Å². The van der Waals surface area contributed by atoms with E-state index in [0.29, 0.717) is 6.10 Å². The lowest BCUT2D eigenvalue weighted by molar-refractivity contribution is 0.114. The first-order valence-electron chi connectivity index (χ1n) is 6.58. The van der Waals surface area contributed by atoms with E-state index in [1.54, 1.807) is 18.4 Å². The zero-order valence-electron chi connectivity index (χ0n) is 11.1. The van der Waals surface area contributed by atoms with Crippen molar-refractivity contribution in [3.63, 3.8) is 0 Å². The lowest BCUT2D eigenvalue weighted by atomic mass is 10.2. The number of guanidine groups is 1. The molecule has 2 rings (SSSR count). The smallest absolute Gasteiger partial charge is 0.191 e. The average Bonchev–Trinajstić information content (AvgIpc) is 3.05. The SMILES string of the molecule is CN=C(NCCc1ccc(Br)s1)NCC1CCCO1.